The maximum absolute atomic E-state index is 11.8. The van der Waals surface area contributed by atoms with E-state index in [1.54, 1.807) is 31.4 Å². The Morgan fingerprint density at radius 3 is 2.41 bits per heavy atom. The molecule has 17 heavy (non-hydrogen) atoms. The van der Waals surface area contributed by atoms with Gasteiger partial charge in [0.05, 0.1) is 7.11 Å². The fraction of sp³-hybridized carbons (Fsp3) is 0.462. The molecule has 0 aliphatic heterocycles. The third kappa shape index (κ3) is 4.07. The molecule has 1 rings (SSSR count). The Labute approximate surface area is 102 Å². The lowest BCUT2D eigenvalue weighted by Gasteiger charge is -2.16. The largest absolute Gasteiger partial charge is 0.497 e. The van der Waals surface area contributed by atoms with Gasteiger partial charge in [-0.3, -0.25) is 4.79 Å². The van der Waals surface area contributed by atoms with E-state index < -0.39 is 0 Å². The maximum Gasteiger partial charge on any atom is 0.251 e. The van der Waals surface area contributed by atoms with Crippen molar-refractivity contribution >= 4 is 5.91 Å². The summed E-state index contributed by atoms with van der Waals surface area (Å²) in [4.78, 5) is 11.8. The smallest absolute Gasteiger partial charge is 0.251 e. The summed E-state index contributed by atoms with van der Waals surface area (Å²) in [6.45, 7) is 4.55. The first-order valence-corrected chi connectivity index (χ1v) is 5.72. The normalized spacial score (nSPS) is 12.3. The first-order chi connectivity index (χ1) is 8.04. The second-order valence-electron chi connectivity index (χ2n) is 4.35. The van der Waals surface area contributed by atoms with Crippen molar-refractivity contribution in [1.82, 2.24) is 5.32 Å². The summed E-state index contributed by atoms with van der Waals surface area (Å²) >= 11 is 0. The van der Waals surface area contributed by atoms with Crippen LogP contribution < -0.4 is 15.8 Å². The van der Waals surface area contributed by atoms with Crippen molar-refractivity contribution in [3.63, 3.8) is 0 Å². The summed E-state index contributed by atoms with van der Waals surface area (Å²) in [7, 11) is 1.59. The zero-order valence-electron chi connectivity index (χ0n) is 10.6. The molecular weight excluding hydrogens is 216 g/mol. The summed E-state index contributed by atoms with van der Waals surface area (Å²) in [5, 5.41) is 2.81. The Morgan fingerprint density at radius 2 is 1.94 bits per heavy atom. The molecule has 94 valence electrons. The average Bonchev–Trinajstić information content (AvgIpc) is 2.35. The Balaban J connectivity index is 2.52. The van der Waals surface area contributed by atoms with Gasteiger partial charge in [-0.05, 0) is 30.2 Å². The number of nitrogens with one attached hydrogen (secondary N) is 1. The second kappa shape index (κ2) is 6.25. The number of methoxy groups -OCH3 is 1. The first kappa shape index (κ1) is 13.5. The van der Waals surface area contributed by atoms with Crippen molar-refractivity contribution in [2.75, 3.05) is 13.7 Å². The Kier molecular flexibility index (Phi) is 4.97. The predicted octanol–water partition coefficient (Wildman–Crippen LogP) is 1.41. The van der Waals surface area contributed by atoms with Gasteiger partial charge in [0.2, 0.25) is 0 Å². The highest BCUT2D eigenvalue weighted by molar-refractivity contribution is 5.94. The average molecular weight is 236 g/mol. The van der Waals surface area contributed by atoms with Crippen LogP contribution in [0.3, 0.4) is 0 Å². The van der Waals surface area contributed by atoms with E-state index in [1.807, 2.05) is 13.8 Å². The van der Waals surface area contributed by atoms with E-state index in [4.69, 9.17) is 10.5 Å². The van der Waals surface area contributed by atoms with E-state index in [1.165, 1.54) is 0 Å². The van der Waals surface area contributed by atoms with Crippen LogP contribution in [0.5, 0.6) is 5.75 Å². The highest BCUT2D eigenvalue weighted by atomic mass is 16.5. The standard InChI is InChI=1S/C13H20N2O2/c1-9(2)12(14)8-15-13(16)10-4-6-11(17-3)7-5-10/h4-7,9,12H,8,14H2,1-3H3,(H,15,16). The molecule has 1 aromatic carbocycles. The van der Waals surface area contributed by atoms with Gasteiger partial charge < -0.3 is 15.8 Å². The number of hydrogen-bond acceptors (Lipinski definition) is 3. The highest BCUT2D eigenvalue weighted by Gasteiger charge is 2.10. The van der Waals surface area contributed by atoms with Crippen molar-refractivity contribution < 1.29 is 9.53 Å². The molecule has 0 saturated carbocycles. The van der Waals surface area contributed by atoms with E-state index in [2.05, 4.69) is 5.32 Å². The van der Waals surface area contributed by atoms with Crippen molar-refractivity contribution in [3.8, 4) is 5.75 Å². The minimum Gasteiger partial charge on any atom is -0.497 e. The molecule has 0 spiro atoms. The molecule has 0 saturated heterocycles. The number of carbonyl (C=O) groups excluding carboxylic acids is 1. The Hall–Kier alpha value is -1.55. The molecule has 0 fully saturated rings. The van der Waals surface area contributed by atoms with Gasteiger partial charge in [-0.2, -0.15) is 0 Å². The minimum atomic E-state index is -0.108. The number of nitrogens with two attached hydrogens (primary N) is 1. The van der Waals surface area contributed by atoms with Crippen LogP contribution in [0.15, 0.2) is 24.3 Å². The molecule has 4 nitrogen and oxygen atoms in total. The highest BCUT2D eigenvalue weighted by Crippen LogP contribution is 2.11. The Bertz CT molecular complexity index is 360. The minimum absolute atomic E-state index is 0.0165. The number of carbonyl (C=O) groups is 1. The SMILES string of the molecule is COc1ccc(C(=O)NCC(N)C(C)C)cc1. The third-order valence-corrected chi connectivity index (χ3v) is 2.71. The van der Waals surface area contributed by atoms with Gasteiger partial charge >= 0.3 is 0 Å². The Morgan fingerprint density at radius 1 is 1.35 bits per heavy atom. The molecule has 1 unspecified atom stereocenters. The summed E-state index contributed by atoms with van der Waals surface area (Å²) in [6, 6.07) is 6.97. The number of ether oxygens (including phenoxy) is 1. The van der Waals surface area contributed by atoms with Crippen LogP contribution in [0.2, 0.25) is 0 Å². The van der Waals surface area contributed by atoms with Crippen molar-refractivity contribution in [3.05, 3.63) is 29.8 Å². The molecule has 0 heterocycles. The quantitative estimate of drug-likeness (QED) is 0.812. The summed E-state index contributed by atoms with van der Waals surface area (Å²) in [5.41, 5.74) is 6.47. The van der Waals surface area contributed by atoms with Crippen molar-refractivity contribution in [1.29, 1.82) is 0 Å². The van der Waals surface area contributed by atoms with Gasteiger partial charge in [-0.1, -0.05) is 13.8 Å². The molecule has 0 bridgehead atoms. The molecule has 1 aromatic rings. The molecule has 3 N–H and O–H groups in total. The molecule has 1 amide bonds. The van der Waals surface area contributed by atoms with Crippen LogP contribution in [0.25, 0.3) is 0 Å². The lowest BCUT2D eigenvalue weighted by molar-refractivity contribution is 0.0949. The van der Waals surface area contributed by atoms with Crippen molar-refractivity contribution in [2.45, 2.75) is 19.9 Å². The number of amides is 1. The van der Waals surface area contributed by atoms with Gasteiger partial charge in [0.15, 0.2) is 0 Å². The number of benzene rings is 1. The van der Waals surface area contributed by atoms with Crippen LogP contribution in [-0.4, -0.2) is 25.6 Å². The van der Waals surface area contributed by atoms with Gasteiger partial charge in [-0.15, -0.1) is 0 Å². The van der Waals surface area contributed by atoms with Gasteiger partial charge in [0.25, 0.3) is 5.91 Å². The van der Waals surface area contributed by atoms with E-state index in [0.717, 1.165) is 5.75 Å². The monoisotopic (exact) mass is 236 g/mol. The fourth-order valence-electron chi connectivity index (χ4n) is 1.29. The van der Waals surface area contributed by atoms with Crippen LogP contribution in [0, 0.1) is 5.92 Å². The fourth-order valence-corrected chi connectivity index (χ4v) is 1.29. The molecule has 0 radical (unpaired) electrons. The van der Waals surface area contributed by atoms with Gasteiger partial charge in [0, 0.05) is 18.2 Å². The maximum atomic E-state index is 11.8. The van der Waals surface area contributed by atoms with Gasteiger partial charge in [-0.25, -0.2) is 0 Å². The molecule has 0 aromatic heterocycles. The number of rotatable bonds is 5. The molecule has 1 atom stereocenters. The van der Waals surface area contributed by atoms with Gasteiger partial charge in [0.1, 0.15) is 5.75 Å². The first-order valence-electron chi connectivity index (χ1n) is 5.72. The van der Waals surface area contributed by atoms with Crippen molar-refractivity contribution in [2.24, 2.45) is 11.7 Å². The zero-order chi connectivity index (χ0) is 12.8. The lowest BCUT2D eigenvalue weighted by Crippen LogP contribution is -2.40. The van der Waals surface area contributed by atoms with Crippen LogP contribution in [0.4, 0.5) is 0 Å². The predicted molar refractivity (Wildman–Crippen MR) is 68.1 cm³/mol. The lowest BCUT2D eigenvalue weighted by atomic mass is 10.1. The summed E-state index contributed by atoms with van der Waals surface area (Å²) in [6.07, 6.45) is 0. The molecule has 0 aliphatic rings. The summed E-state index contributed by atoms with van der Waals surface area (Å²) < 4.78 is 5.03. The van der Waals surface area contributed by atoms with Crippen LogP contribution >= 0.6 is 0 Å². The van der Waals surface area contributed by atoms with Crippen LogP contribution in [-0.2, 0) is 0 Å². The summed E-state index contributed by atoms with van der Waals surface area (Å²) in [5.74, 6) is 0.982. The topological polar surface area (TPSA) is 64.3 Å². The van der Waals surface area contributed by atoms with E-state index in [9.17, 15) is 4.79 Å². The molecule has 0 aliphatic carbocycles. The third-order valence-electron chi connectivity index (χ3n) is 2.71. The van der Waals surface area contributed by atoms with E-state index in [0.29, 0.717) is 18.0 Å². The van der Waals surface area contributed by atoms with Crippen LogP contribution in [0.1, 0.15) is 24.2 Å². The van der Waals surface area contributed by atoms with E-state index >= 15 is 0 Å². The molecular formula is C13H20N2O2. The second-order valence-corrected chi connectivity index (χ2v) is 4.35. The zero-order valence-corrected chi connectivity index (χ0v) is 10.6. The number of hydrogen-bond donors (Lipinski definition) is 2. The molecule has 4 heteroatoms. The van der Waals surface area contributed by atoms with E-state index in [-0.39, 0.29) is 11.9 Å².